The highest BCUT2D eigenvalue weighted by atomic mass is 19.1. The van der Waals surface area contributed by atoms with E-state index in [1.807, 2.05) is 0 Å². The molecule has 0 spiro atoms. The molecule has 0 saturated carbocycles. The van der Waals surface area contributed by atoms with Gasteiger partial charge >= 0.3 is 5.82 Å². The van der Waals surface area contributed by atoms with Gasteiger partial charge in [-0.3, -0.25) is 0 Å². The topological polar surface area (TPSA) is 65.3 Å². The summed E-state index contributed by atoms with van der Waals surface area (Å²) in [6, 6.07) is 5.94. The summed E-state index contributed by atoms with van der Waals surface area (Å²) in [5.74, 6) is -0.829. The molecule has 0 bridgehead atoms. The van der Waals surface area contributed by atoms with Crippen molar-refractivity contribution in [2.75, 3.05) is 0 Å². The van der Waals surface area contributed by atoms with Gasteiger partial charge in [0.1, 0.15) is 26.0 Å². The summed E-state index contributed by atoms with van der Waals surface area (Å²) in [6.07, 6.45) is 0.603. The van der Waals surface area contributed by atoms with E-state index in [-0.39, 0.29) is 17.0 Å². The molecule has 0 aliphatic carbocycles. The Morgan fingerprint density at radius 3 is 2.86 bits per heavy atom. The maximum Gasteiger partial charge on any atom is 0.406 e. The predicted molar refractivity (Wildman–Crippen MR) is 76.5 cm³/mol. The zero-order chi connectivity index (χ0) is 15.6. The third-order valence-corrected chi connectivity index (χ3v) is 3.08. The monoisotopic (exact) mass is 286 g/mol. The Hall–Kier alpha value is -2.44. The third kappa shape index (κ3) is 3.18. The van der Waals surface area contributed by atoms with Crippen LogP contribution in [0.2, 0.25) is 0 Å². The quantitative estimate of drug-likeness (QED) is 0.491. The Kier molecular flexibility index (Phi) is 4.21. The van der Waals surface area contributed by atoms with Crippen molar-refractivity contribution in [1.82, 2.24) is 4.98 Å². The number of ether oxygens (including phenoxy) is 1. The fourth-order valence-corrected chi connectivity index (χ4v) is 1.99. The Morgan fingerprint density at radius 1 is 1.48 bits per heavy atom. The first-order valence-electron chi connectivity index (χ1n) is 6.21. The van der Waals surface area contributed by atoms with Gasteiger partial charge in [0, 0.05) is 0 Å². The summed E-state index contributed by atoms with van der Waals surface area (Å²) in [4.78, 5) is 13.9. The van der Waals surface area contributed by atoms with Crippen molar-refractivity contribution in [2.45, 2.75) is 20.0 Å². The molecule has 5 nitrogen and oxygen atoms in total. The van der Waals surface area contributed by atoms with Gasteiger partial charge in [-0.25, -0.2) is 4.39 Å². The lowest BCUT2D eigenvalue weighted by Gasteiger charge is -2.17. The largest absolute Gasteiger partial charge is 0.478 e. The Balaban J connectivity index is 2.35. The molecule has 2 rings (SSSR count). The lowest BCUT2D eigenvalue weighted by molar-refractivity contribution is -0.390. The first-order chi connectivity index (χ1) is 9.90. The molecule has 1 unspecified atom stereocenters. The van der Waals surface area contributed by atoms with Gasteiger partial charge in [0.25, 0.3) is 0 Å². The van der Waals surface area contributed by atoms with Crippen molar-refractivity contribution in [1.29, 1.82) is 0 Å². The number of aromatic nitrogens is 1. The summed E-state index contributed by atoms with van der Waals surface area (Å²) >= 11 is 0. The van der Waals surface area contributed by atoms with Gasteiger partial charge in [-0.05, 0) is 52.5 Å². The van der Waals surface area contributed by atoms with Crippen molar-refractivity contribution in [2.24, 2.45) is 0 Å². The van der Waals surface area contributed by atoms with Crippen LogP contribution in [0.5, 0.6) is 5.75 Å². The van der Waals surface area contributed by atoms with Crippen molar-refractivity contribution in [3.05, 3.63) is 57.5 Å². The molecule has 0 amide bonds. The molecule has 21 heavy (non-hydrogen) atoms. The summed E-state index contributed by atoms with van der Waals surface area (Å²) in [5.41, 5.74) is 1.29. The smallest absolute Gasteiger partial charge is 0.406 e. The molecular formula is C14H12BFN2O3. The van der Waals surface area contributed by atoms with E-state index in [0.29, 0.717) is 11.1 Å². The molecule has 1 atom stereocenters. The summed E-state index contributed by atoms with van der Waals surface area (Å²) in [7, 11) is 5.57. The minimum absolute atomic E-state index is 0.0452. The van der Waals surface area contributed by atoms with Gasteiger partial charge in [-0.1, -0.05) is 12.1 Å². The second kappa shape index (κ2) is 5.91. The number of halogens is 1. The van der Waals surface area contributed by atoms with Crippen molar-refractivity contribution in [3.63, 3.8) is 0 Å². The number of nitrogens with zero attached hydrogens (tertiary/aromatic N) is 2. The normalized spacial score (nSPS) is 12.0. The average molecular weight is 286 g/mol. The molecular weight excluding hydrogens is 274 g/mol. The van der Waals surface area contributed by atoms with Crippen molar-refractivity contribution < 1.29 is 14.1 Å². The summed E-state index contributed by atoms with van der Waals surface area (Å²) in [5, 5.41) is 10.9. The Labute approximate surface area is 122 Å². The molecule has 0 fully saturated rings. The average Bonchev–Trinajstić information content (AvgIpc) is 2.41. The first-order valence-corrected chi connectivity index (χ1v) is 6.21. The van der Waals surface area contributed by atoms with Gasteiger partial charge < -0.3 is 14.9 Å². The molecule has 106 valence electrons. The summed E-state index contributed by atoms with van der Waals surface area (Å²) in [6.45, 7) is 3.30. The molecule has 1 heterocycles. The fraction of sp³-hybridized carbons (Fsp3) is 0.214. The van der Waals surface area contributed by atoms with Crippen molar-refractivity contribution in [3.8, 4) is 5.75 Å². The zero-order valence-corrected chi connectivity index (χ0v) is 11.5. The minimum Gasteiger partial charge on any atom is -0.478 e. The van der Waals surface area contributed by atoms with Crippen LogP contribution in [0.4, 0.5) is 10.2 Å². The van der Waals surface area contributed by atoms with Gasteiger partial charge in [-0.2, -0.15) is 0 Å². The van der Waals surface area contributed by atoms with Crippen LogP contribution in [0.1, 0.15) is 24.2 Å². The predicted octanol–water partition coefficient (Wildman–Crippen LogP) is 2.37. The molecule has 1 aromatic carbocycles. The maximum atomic E-state index is 13.6. The van der Waals surface area contributed by atoms with Gasteiger partial charge in [-0.15, -0.1) is 0 Å². The van der Waals surface area contributed by atoms with Crippen LogP contribution in [-0.2, 0) is 0 Å². The van der Waals surface area contributed by atoms with E-state index in [0.717, 1.165) is 0 Å². The molecule has 0 aliphatic rings. The fourth-order valence-electron chi connectivity index (χ4n) is 1.99. The van der Waals surface area contributed by atoms with Crippen LogP contribution >= 0.6 is 0 Å². The Bertz CT molecular complexity index is 694. The molecule has 0 N–H and O–H groups in total. The standard InChI is InChI=1S/C14H12BFN2O3/c1-8-11(4-3-5-12(8)16)9(2)21-13-6-10(15)7-17-14(13)18(19)20/h3-7,9H,1-2H3. The minimum atomic E-state index is -0.653. The highest BCUT2D eigenvalue weighted by Gasteiger charge is 2.21. The SMILES string of the molecule is [B]c1cnc([N+](=O)[O-])c(OC(C)c2cccc(F)c2C)c1. The van der Waals surface area contributed by atoms with Crippen LogP contribution in [0.15, 0.2) is 30.5 Å². The second-order valence-electron chi connectivity index (χ2n) is 4.56. The molecule has 0 aliphatic heterocycles. The van der Waals surface area contributed by atoms with Crippen LogP contribution in [-0.4, -0.2) is 17.8 Å². The highest BCUT2D eigenvalue weighted by Crippen LogP contribution is 2.29. The summed E-state index contributed by atoms with van der Waals surface area (Å²) < 4.78 is 19.1. The van der Waals surface area contributed by atoms with Gasteiger partial charge in [0.15, 0.2) is 0 Å². The third-order valence-electron chi connectivity index (χ3n) is 3.08. The molecule has 2 radical (unpaired) electrons. The molecule has 2 aromatic rings. The molecule has 7 heteroatoms. The van der Waals surface area contributed by atoms with Crippen molar-refractivity contribution >= 4 is 19.1 Å². The second-order valence-corrected chi connectivity index (χ2v) is 4.56. The van der Waals surface area contributed by atoms with Crippen LogP contribution in [0.3, 0.4) is 0 Å². The van der Waals surface area contributed by atoms with E-state index >= 15 is 0 Å². The number of nitro groups is 1. The number of hydrogen-bond donors (Lipinski definition) is 0. The van der Waals surface area contributed by atoms with E-state index in [4.69, 9.17) is 12.6 Å². The van der Waals surface area contributed by atoms with E-state index < -0.39 is 16.8 Å². The molecule has 0 saturated heterocycles. The van der Waals surface area contributed by atoms with Gasteiger partial charge in [0.05, 0.1) is 0 Å². The van der Waals surface area contributed by atoms with E-state index in [2.05, 4.69) is 4.98 Å². The van der Waals surface area contributed by atoms with Crippen LogP contribution in [0.25, 0.3) is 0 Å². The first kappa shape index (κ1) is 15.0. The maximum absolute atomic E-state index is 13.6. The van der Waals surface area contributed by atoms with Gasteiger partial charge in [0.2, 0.25) is 5.75 Å². The van der Waals surface area contributed by atoms with E-state index in [9.17, 15) is 14.5 Å². The number of hydrogen-bond acceptors (Lipinski definition) is 4. The van der Waals surface area contributed by atoms with E-state index in [1.165, 1.54) is 18.3 Å². The zero-order valence-electron chi connectivity index (χ0n) is 11.5. The molecule has 1 aromatic heterocycles. The lowest BCUT2D eigenvalue weighted by Crippen LogP contribution is -2.12. The van der Waals surface area contributed by atoms with Crippen LogP contribution in [0, 0.1) is 22.9 Å². The lowest BCUT2D eigenvalue weighted by atomic mass is 9.98. The number of pyridine rings is 1. The highest BCUT2D eigenvalue weighted by molar-refractivity contribution is 6.32. The number of benzene rings is 1. The Morgan fingerprint density at radius 2 is 2.19 bits per heavy atom. The van der Waals surface area contributed by atoms with E-state index in [1.54, 1.807) is 26.0 Å². The van der Waals surface area contributed by atoms with Crippen LogP contribution < -0.4 is 10.2 Å². The number of rotatable bonds is 4.